The number of hydrogen-bond acceptors (Lipinski definition) is 4. The molecule has 2 N–H and O–H groups in total. The van der Waals surface area contributed by atoms with E-state index in [1.165, 1.54) is 0 Å². The molecule has 0 aliphatic carbocycles. The molecule has 4 atom stereocenters. The lowest BCUT2D eigenvalue weighted by Crippen LogP contribution is -2.38. The van der Waals surface area contributed by atoms with Crippen molar-refractivity contribution in [3.8, 4) is 0 Å². The zero-order valence-electron chi connectivity index (χ0n) is 22.6. The van der Waals surface area contributed by atoms with Crippen molar-refractivity contribution in [2.75, 3.05) is 26.4 Å². The third kappa shape index (κ3) is 19.5. The van der Waals surface area contributed by atoms with Crippen LogP contribution in [-0.4, -0.2) is 50.3 Å². The van der Waals surface area contributed by atoms with Gasteiger partial charge in [0.05, 0.1) is 26.4 Å². The summed E-state index contributed by atoms with van der Waals surface area (Å²) in [7, 11) is 0. The van der Waals surface area contributed by atoms with E-state index in [1.54, 1.807) is 0 Å². The highest BCUT2D eigenvalue weighted by molar-refractivity contribution is 5.76. The lowest BCUT2D eigenvalue weighted by molar-refractivity contribution is -0.124. The zero-order chi connectivity index (χ0) is 24.9. The molecule has 0 aliphatic rings. The van der Waals surface area contributed by atoms with Crippen molar-refractivity contribution in [1.29, 1.82) is 0 Å². The largest absolute Gasteiger partial charge is 0.377 e. The van der Waals surface area contributed by atoms with Crippen LogP contribution in [0.25, 0.3) is 0 Å². The quantitative estimate of drug-likeness (QED) is 0.342. The first-order valence-corrected chi connectivity index (χ1v) is 12.3. The van der Waals surface area contributed by atoms with E-state index in [0.717, 1.165) is 12.8 Å². The molecule has 6 nitrogen and oxygen atoms in total. The summed E-state index contributed by atoms with van der Waals surface area (Å²) < 4.78 is 11.2. The minimum absolute atomic E-state index is 0.0300. The van der Waals surface area contributed by atoms with E-state index in [9.17, 15) is 9.59 Å². The van der Waals surface area contributed by atoms with Gasteiger partial charge in [-0.25, -0.2) is 0 Å². The fraction of sp³-hybridized carbons (Fsp3) is 0.923. The standard InChI is InChI=1S/C26H52N2O4/c1-19(15-25(5,6)7)13-23(29)27-21(3)17-31-11-12-32-18-22(4)28-24(30)14-20(2)16-26(8,9)10/h19-22H,11-18H2,1-10H3,(H,27,29)(H,28,30). The third-order valence-corrected chi connectivity index (χ3v) is 4.91. The van der Waals surface area contributed by atoms with Crippen LogP contribution < -0.4 is 10.6 Å². The number of carbonyl (C=O) groups excluding carboxylic acids is 2. The van der Waals surface area contributed by atoms with Crippen molar-refractivity contribution in [3.05, 3.63) is 0 Å². The van der Waals surface area contributed by atoms with E-state index < -0.39 is 0 Å². The van der Waals surface area contributed by atoms with Crippen LogP contribution in [0.3, 0.4) is 0 Å². The summed E-state index contributed by atoms with van der Waals surface area (Å²) in [4.78, 5) is 24.3. The number of rotatable bonds is 15. The van der Waals surface area contributed by atoms with Gasteiger partial charge in [0.15, 0.2) is 0 Å². The van der Waals surface area contributed by atoms with Gasteiger partial charge in [0.1, 0.15) is 0 Å². The Hall–Kier alpha value is -1.14. The highest BCUT2D eigenvalue weighted by Crippen LogP contribution is 2.26. The molecule has 0 aromatic rings. The van der Waals surface area contributed by atoms with Gasteiger partial charge < -0.3 is 20.1 Å². The fourth-order valence-corrected chi connectivity index (χ4v) is 4.26. The summed E-state index contributed by atoms with van der Waals surface area (Å²) in [6.45, 7) is 23.2. The van der Waals surface area contributed by atoms with E-state index in [-0.39, 0.29) is 34.7 Å². The molecule has 32 heavy (non-hydrogen) atoms. The van der Waals surface area contributed by atoms with Gasteiger partial charge in [-0.15, -0.1) is 0 Å². The molecule has 190 valence electrons. The van der Waals surface area contributed by atoms with Crippen molar-refractivity contribution in [1.82, 2.24) is 10.6 Å². The molecule has 0 bridgehead atoms. The van der Waals surface area contributed by atoms with Crippen LogP contribution in [-0.2, 0) is 19.1 Å². The van der Waals surface area contributed by atoms with Crippen molar-refractivity contribution in [2.45, 2.75) is 107 Å². The molecule has 0 aromatic heterocycles. The predicted molar refractivity (Wildman–Crippen MR) is 133 cm³/mol. The normalized spacial score (nSPS) is 16.2. The Bertz CT molecular complexity index is 489. The summed E-state index contributed by atoms with van der Waals surface area (Å²) in [6.07, 6.45) is 3.14. The summed E-state index contributed by atoms with van der Waals surface area (Å²) >= 11 is 0. The molecule has 0 fully saturated rings. The van der Waals surface area contributed by atoms with E-state index in [0.29, 0.717) is 51.1 Å². The highest BCUT2D eigenvalue weighted by Gasteiger charge is 2.19. The Balaban J connectivity index is 3.85. The van der Waals surface area contributed by atoms with Crippen LogP contribution in [0, 0.1) is 22.7 Å². The smallest absolute Gasteiger partial charge is 0.220 e. The Kier molecular flexibility index (Phi) is 14.4. The van der Waals surface area contributed by atoms with Gasteiger partial charge in [0.2, 0.25) is 11.8 Å². The van der Waals surface area contributed by atoms with Gasteiger partial charge in [-0.05, 0) is 49.4 Å². The number of hydrogen-bond donors (Lipinski definition) is 2. The summed E-state index contributed by atoms with van der Waals surface area (Å²) in [5, 5.41) is 6.01. The Morgan fingerprint density at radius 2 is 0.969 bits per heavy atom. The number of carbonyl (C=O) groups is 2. The first-order chi connectivity index (χ1) is 14.6. The van der Waals surface area contributed by atoms with Crippen LogP contribution in [0.15, 0.2) is 0 Å². The number of amides is 2. The van der Waals surface area contributed by atoms with E-state index in [1.807, 2.05) is 13.8 Å². The first kappa shape index (κ1) is 30.9. The molecule has 0 heterocycles. The second-order valence-electron chi connectivity index (χ2n) is 12.2. The van der Waals surface area contributed by atoms with E-state index in [4.69, 9.17) is 9.47 Å². The molecule has 0 rings (SSSR count). The third-order valence-electron chi connectivity index (χ3n) is 4.91. The number of ether oxygens (including phenoxy) is 2. The van der Waals surface area contributed by atoms with E-state index in [2.05, 4.69) is 66.0 Å². The number of nitrogens with one attached hydrogen (secondary N) is 2. The van der Waals surface area contributed by atoms with Crippen LogP contribution in [0.5, 0.6) is 0 Å². The van der Waals surface area contributed by atoms with E-state index >= 15 is 0 Å². The maximum atomic E-state index is 12.2. The van der Waals surface area contributed by atoms with Crippen molar-refractivity contribution >= 4 is 11.8 Å². The Morgan fingerprint density at radius 1 is 0.656 bits per heavy atom. The lowest BCUT2D eigenvalue weighted by Gasteiger charge is -2.23. The molecule has 4 unspecified atom stereocenters. The minimum Gasteiger partial charge on any atom is -0.377 e. The van der Waals surface area contributed by atoms with Crippen LogP contribution >= 0.6 is 0 Å². The van der Waals surface area contributed by atoms with Crippen LogP contribution in [0.2, 0.25) is 0 Å². The average molecular weight is 457 g/mol. The SMILES string of the molecule is CC(CC(=O)NC(C)COCCOCC(C)NC(=O)CC(C)CC(C)(C)C)CC(C)(C)C. The molecule has 0 saturated heterocycles. The Morgan fingerprint density at radius 3 is 1.25 bits per heavy atom. The zero-order valence-corrected chi connectivity index (χ0v) is 22.6. The second kappa shape index (κ2) is 14.9. The maximum absolute atomic E-state index is 12.2. The molecule has 0 saturated carbocycles. The summed E-state index contributed by atoms with van der Waals surface area (Å²) in [5.41, 5.74) is 0.471. The average Bonchev–Trinajstić information content (AvgIpc) is 2.53. The maximum Gasteiger partial charge on any atom is 0.220 e. The van der Waals surface area contributed by atoms with Gasteiger partial charge in [-0.1, -0.05) is 55.4 Å². The molecule has 0 radical (unpaired) electrons. The van der Waals surface area contributed by atoms with Crippen LogP contribution in [0.1, 0.15) is 94.9 Å². The van der Waals surface area contributed by atoms with Gasteiger partial charge in [-0.2, -0.15) is 0 Å². The van der Waals surface area contributed by atoms with Gasteiger partial charge in [-0.3, -0.25) is 9.59 Å². The van der Waals surface area contributed by atoms with Crippen molar-refractivity contribution < 1.29 is 19.1 Å². The van der Waals surface area contributed by atoms with Crippen molar-refractivity contribution in [3.63, 3.8) is 0 Å². The molecule has 0 aliphatic heterocycles. The predicted octanol–water partition coefficient (Wildman–Crippen LogP) is 4.95. The molecule has 0 aromatic carbocycles. The first-order valence-electron chi connectivity index (χ1n) is 12.3. The van der Waals surface area contributed by atoms with Crippen molar-refractivity contribution in [2.24, 2.45) is 22.7 Å². The molecule has 2 amide bonds. The summed E-state index contributed by atoms with van der Waals surface area (Å²) in [6, 6.07) is -0.0599. The highest BCUT2D eigenvalue weighted by atomic mass is 16.5. The molecule has 0 spiro atoms. The molecular weight excluding hydrogens is 404 g/mol. The van der Waals surface area contributed by atoms with Gasteiger partial charge in [0.25, 0.3) is 0 Å². The van der Waals surface area contributed by atoms with Crippen LogP contribution in [0.4, 0.5) is 0 Å². The molecule has 6 heteroatoms. The van der Waals surface area contributed by atoms with Gasteiger partial charge in [0, 0.05) is 24.9 Å². The minimum atomic E-state index is -0.0300. The molecular formula is C26H52N2O4. The topological polar surface area (TPSA) is 76.7 Å². The van der Waals surface area contributed by atoms with Gasteiger partial charge >= 0.3 is 0 Å². The summed E-state index contributed by atoms with van der Waals surface area (Å²) in [5.74, 6) is 0.882. The second-order valence-corrected chi connectivity index (χ2v) is 12.2. The monoisotopic (exact) mass is 456 g/mol. The Labute approximate surface area is 198 Å². The fourth-order valence-electron chi connectivity index (χ4n) is 4.26. The lowest BCUT2D eigenvalue weighted by atomic mass is 9.84.